The quantitative estimate of drug-likeness (QED) is 0.879. The van der Waals surface area contributed by atoms with Gasteiger partial charge in [-0.3, -0.25) is 0 Å². The molecule has 3 heteroatoms. The third-order valence-electron chi connectivity index (χ3n) is 5.69. The molecule has 2 saturated heterocycles. The molecule has 0 radical (unpaired) electrons. The number of benzene rings is 1. The number of hydrogen-bond acceptors (Lipinski definition) is 2. The van der Waals surface area contributed by atoms with Crippen LogP contribution in [0, 0.1) is 0 Å². The number of nitrogens with one attached hydrogen (secondary N) is 1. The van der Waals surface area contributed by atoms with E-state index in [2.05, 4.69) is 44.3 Å². The van der Waals surface area contributed by atoms with Crippen molar-refractivity contribution in [2.75, 3.05) is 13.1 Å². The largest absolute Gasteiger partial charge is 0.311 e. The molecule has 0 amide bonds. The molecule has 0 spiro atoms. The maximum atomic E-state index is 3.99. The van der Waals surface area contributed by atoms with Gasteiger partial charge in [0.15, 0.2) is 0 Å². The van der Waals surface area contributed by atoms with Gasteiger partial charge in [-0.2, -0.15) is 0 Å². The highest BCUT2D eigenvalue weighted by Crippen LogP contribution is 2.29. The standard InChI is InChI=1S/C18H25BrN2/c19-15-5-3-14-11-16(6-4-13(14)10-15)20-17-7-9-21-8-1-2-18(21)12-17/h3,5,10,16-18,20H,1-2,4,6-9,11-12H2. The third-order valence-corrected chi connectivity index (χ3v) is 6.18. The molecule has 2 nitrogen and oxygen atoms in total. The van der Waals surface area contributed by atoms with Gasteiger partial charge in [0.1, 0.15) is 0 Å². The summed E-state index contributed by atoms with van der Waals surface area (Å²) in [5.41, 5.74) is 3.10. The van der Waals surface area contributed by atoms with Crippen LogP contribution < -0.4 is 5.32 Å². The van der Waals surface area contributed by atoms with Crippen molar-refractivity contribution in [1.29, 1.82) is 0 Å². The molecule has 3 unspecified atom stereocenters. The van der Waals surface area contributed by atoms with E-state index in [4.69, 9.17) is 0 Å². The number of nitrogens with zero attached hydrogens (tertiary/aromatic N) is 1. The van der Waals surface area contributed by atoms with Crippen molar-refractivity contribution in [1.82, 2.24) is 10.2 Å². The lowest BCUT2D eigenvalue weighted by molar-refractivity contribution is 0.159. The van der Waals surface area contributed by atoms with Crippen LogP contribution in [0.25, 0.3) is 0 Å². The molecule has 1 N–H and O–H groups in total. The van der Waals surface area contributed by atoms with E-state index in [1.165, 1.54) is 62.5 Å². The Labute approximate surface area is 136 Å². The molecule has 1 aromatic rings. The van der Waals surface area contributed by atoms with Gasteiger partial charge in [0, 0.05) is 22.6 Å². The highest BCUT2D eigenvalue weighted by Gasteiger charge is 2.32. The van der Waals surface area contributed by atoms with E-state index in [-0.39, 0.29) is 0 Å². The van der Waals surface area contributed by atoms with E-state index >= 15 is 0 Å². The average Bonchev–Trinajstić information content (AvgIpc) is 2.95. The molecule has 0 bridgehead atoms. The van der Waals surface area contributed by atoms with Crippen LogP contribution in [-0.4, -0.2) is 36.1 Å². The average molecular weight is 349 g/mol. The minimum absolute atomic E-state index is 0.691. The summed E-state index contributed by atoms with van der Waals surface area (Å²) in [6.07, 6.45) is 9.32. The molecule has 2 heterocycles. The fraction of sp³-hybridized carbons (Fsp3) is 0.667. The maximum absolute atomic E-state index is 3.99. The third kappa shape index (κ3) is 3.06. The topological polar surface area (TPSA) is 15.3 Å². The monoisotopic (exact) mass is 348 g/mol. The van der Waals surface area contributed by atoms with Gasteiger partial charge in [-0.05, 0) is 81.3 Å². The predicted molar refractivity (Wildman–Crippen MR) is 90.7 cm³/mol. The fourth-order valence-electron chi connectivity index (χ4n) is 4.57. The van der Waals surface area contributed by atoms with Gasteiger partial charge in [0.05, 0.1) is 0 Å². The van der Waals surface area contributed by atoms with E-state index in [1.54, 1.807) is 11.1 Å². The molecule has 2 fully saturated rings. The smallest absolute Gasteiger partial charge is 0.0178 e. The molecular weight excluding hydrogens is 324 g/mol. The van der Waals surface area contributed by atoms with E-state index in [0.29, 0.717) is 6.04 Å². The molecule has 1 aliphatic carbocycles. The van der Waals surface area contributed by atoms with Crippen LogP contribution in [0.5, 0.6) is 0 Å². The lowest BCUT2D eigenvalue weighted by Crippen LogP contribution is -2.49. The van der Waals surface area contributed by atoms with E-state index < -0.39 is 0 Å². The maximum Gasteiger partial charge on any atom is 0.0178 e. The van der Waals surface area contributed by atoms with E-state index in [9.17, 15) is 0 Å². The van der Waals surface area contributed by atoms with Gasteiger partial charge >= 0.3 is 0 Å². The molecule has 21 heavy (non-hydrogen) atoms. The van der Waals surface area contributed by atoms with Gasteiger partial charge in [-0.25, -0.2) is 0 Å². The van der Waals surface area contributed by atoms with Gasteiger partial charge < -0.3 is 10.2 Å². The first-order valence-corrected chi connectivity index (χ1v) is 9.34. The summed E-state index contributed by atoms with van der Waals surface area (Å²) < 4.78 is 1.22. The van der Waals surface area contributed by atoms with Crippen LogP contribution in [0.4, 0.5) is 0 Å². The molecule has 0 saturated carbocycles. The minimum atomic E-state index is 0.691. The number of aryl methyl sites for hydroxylation is 1. The highest BCUT2D eigenvalue weighted by molar-refractivity contribution is 9.10. The molecule has 1 aromatic carbocycles. The van der Waals surface area contributed by atoms with Gasteiger partial charge in [0.25, 0.3) is 0 Å². The minimum Gasteiger partial charge on any atom is -0.311 e. The van der Waals surface area contributed by atoms with Crippen LogP contribution in [0.15, 0.2) is 22.7 Å². The number of hydrogen-bond donors (Lipinski definition) is 1. The van der Waals surface area contributed by atoms with Crippen molar-refractivity contribution in [3.8, 4) is 0 Å². The Balaban J connectivity index is 1.37. The first kappa shape index (κ1) is 14.2. The molecule has 114 valence electrons. The molecule has 4 rings (SSSR count). The number of halogens is 1. The summed E-state index contributed by atoms with van der Waals surface area (Å²) in [6.45, 7) is 2.67. The summed E-state index contributed by atoms with van der Waals surface area (Å²) >= 11 is 3.59. The molecule has 0 aromatic heterocycles. The summed E-state index contributed by atoms with van der Waals surface area (Å²) in [5, 5.41) is 3.99. The Hall–Kier alpha value is -0.380. The van der Waals surface area contributed by atoms with Crippen molar-refractivity contribution < 1.29 is 0 Å². The summed E-state index contributed by atoms with van der Waals surface area (Å²) in [6, 6.07) is 9.14. The molecule has 2 aliphatic heterocycles. The zero-order valence-electron chi connectivity index (χ0n) is 12.7. The van der Waals surface area contributed by atoms with Crippen molar-refractivity contribution in [2.24, 2.45) is 0 Å². The molecular formula is C18H25BrN2. The van der Waals surface area contributed by atoms with Crippen molar-refractivity contribution in [3.63, 3.8) is 0 Å². The normalized spacial score (nSPS) is 32.7. The lowest BCUT2D eigenvalue weighted by atomic mass is 9.87. The zero-order valence-corrected chi connectivity index (χ0v) is 14.2. The highest BCUT2D eigenvalue weighted by atomic mass is 79.9. The van der Waals surface area contributed by atoms with Crippen LogP contribution in [0.1, 0.15) is 43.2 Å². The van der Waals surface area contributed by atoms with Gasteiger partial charge in [0.2, 0.25) is 0 Å². The van der Waals surface area contributed by atoms with Crippen LogP contribution in [0.2, 0.25) is 0 Å². The predicted octanol–water partition coefficient (Wildman–Crippen LogP) is 3.52. The summed E-state index contributed by atoms with van der Waals surface area (Å²) in [4.78, 5) is 2.71. The van der Waals surface area contributed by atoms with Crippen molar-refractivity contribution >= 4 is 15.9 Å². The van der Waals surface area contributed by atoms with Gasteiger partial charge in [-0.15, -0.1) is 0 Å². The van der Waals surface area contributed by atoms with Gasteiger partial charge in [-0.1, -0.05) is 22.0 Å². The van der Waals surface area contributed by atoms with Crippen molar-refractivity contribution in [3.05, 3.63) is 33.8 Å². The number of fused-ring (bicyclic) bond motifs is 2. The number of piperidine rings is 1. The Bertz CT molecular complexity index is 516. The van der Waals surface area contributed by atoms with Crippen LogP contribution >= 0.6 is 15.9 Å². The van der Waals surface area contributed by atoms with E-state index in [1.807, 2.05) is 0 Å². The zero-order chi connectivity index (χ0) is 14.2. The Morgan fingerprint density at radius 2 is 2.00 bits per heavy atom. The second-order valence-corrected chi connectivity index (χ2v) is 7.99. The SMILES string of the molecule is Brc1ccc2c(c1)CCC(NC1CCN3CCCC3C1)C2. The first-order valence-electron chi connectivity index (χ1n) is 8.55. The Morgan fingerprint density at radius 1 is 1.05 bits per heavy atom. The molecule has 3 atom stereocenters. The van der Waals surface area contributed by atoms with Crippen molar-refractivity contribution in [2.45, 2.75) is 63.1 Å². The van der Waals surface area contributed by atoms with Crippen LogP contribution in [-0.2, 0) is 12.8 Å². The Kier molecular flexibility index (Phi) is 4.08. The summed E-state index contributed by atoms with van der Waals surface area (Å²) in [7, 11) is 0. The molecule has 3 aliphatic rings. The summed E-state index contributed by atoms with van der Waals surface area (Å²) in [5.74, 6) is 0. The van der Waals surface area contributed by atoms with E-state index in [0.717, 1.165) is 12.1 Å². The lowest BCUT2D eigenvalue weighted by Gasteiger charge is -2.38. The first-order chi connectivity index (χ1) is 10.3. The number of rotatable bonds is 2. The fourth-order valence-corrected chi connectivity index (χ4v) is 4.98. The second-order valence-electron chi connectivity index (χ2n) is 7.07. The Morgan fingerprint density at radius 3 is 2.95 bits per heavy atom. The van der Waals surface area contributed by atoms with Crippen LogP contribution in [0.3, 0.4) is 0 Å². The second kappa shape index (κ2) is 6.02.